The van der Waals surface area contributed by atoms with E-state index in [1.54, 1.807) is 29.0 Å². The van der Waals surface area contributed by atoms with Crippen molar-refractivity contribution in [1.82, 2.24) is 4.57 Å². The zero-order chi connectivity index (χ0) is 17.4. The zero-order valence-corrected chi connectivity index (χ0v) is 13.7. The fourth-order valence-electron chi connectivity index (χ4n) is 2.99. The van der Waals surface area contributed by atoms with Gasteiger partial charge in [-0.05, 0) is 42.3 Å². The Hall–Kier alpha value is -3.08. The van der Waals surface area contributed by atoms with Crippen LogP contribution in [0.15, 0.2) is 59.5 Å². The molecule has 0 fully saturated rings. The van der Waals surface area contributed by atoms with E-state index in [0.717, 1.165) is 16.7 Å². The number of rotatable bonds is 2. The topological polar surface area (TPSA) is 40.5 Å². The quantitative estimate of drug-likeness (QED) is 0.715. The highest BCUT2D eigenvalue weighted by molar-refractivity contribution is 5.67. The van der Waals surface area contributed by atoms with Crippen LogP contribution in [0.25, 0.3) is 16.8 Å². The van der Waals surface area contributed by atoms with Crippen molar-refractivity contribution >= 4 is 0 Å². The Morgan fingerprint density at radius 1 is 1.04 bits per heavy atom. The lowest BCUT2D eigenvalue weighted by Gasteiger charge is -2.22. The second-order valence-electron chi connectivity index (χ2n) is 5.89. The first-order chi connectivity index (χ1) is 12.1. The molecule has 5 heteroatoms. The van der Waals surface area contributed by atoms with Gasteiger partial charge in [0, 0.05) is 17.8 Å². The van der Waals surface area contributed by atoms with Gasteiger partial charge in [-0.3, -0.25) is 9.36 Å². The maximum absolute atomic E-state index is 13.2. The SMILES string of the molecule is Cc1cc(=O)n(-c2cccc3c2OCCO3)cc1-c1ccc(F)cc1. The van der Waals surface area contributed by atoms with Crippen molar-refractivity contribution in [3.8, 4) is 28.3 Å². The van der Waals surface area contributed by atoms with Gasteiger partial charge in [-0.1, -0.05) is 18.2 Å². The number of para-hydroxylation sites is 1. The summed E-state index contributed by atoms with van der Waals surface area (Å²) >= 11 is 0. The first kappa shape index (κ1) is 15.4. The van der Waals surface area contributed by atoms with E-state index in [2.05, 4.69) is 0 Å². The predicted octanol–water partition coefficient (Wildman–Crippen LogP) is 3.72. The number of aryl methyl sites for hydroxylation is 1. The molecule has 0 unspecified atom stereocenters. The van der Waals surface area contributed by atoms with Gasteiger partial charge in [-0.15, -0.1) is 0 Å². The molecule has 1 aliphatic rings. The van der Waals surface area contributed by atoms with Crippen molar-refractivity contribution in [3.05, 3.63) is 76.5 Å². The van der Waals surface area contributed by atoms with Crippen LogP contribution in [0.5, 0.6) is 11.5 Å². The zero-order valence-electron chi connectivity index (χ0n) is 13.7. The number of aromatic nitrogens is 1. The van der Waals surface area contributed by atoms with Gasteiger partial charge >= 0.3 is 0 Å². The molecule has 3 aromatic rings. The summed E-state index contributed by atoms with van der Waals surface area (Å²) < 4.78 is 26.1. The number of hydrogen-bond acceptors (Lipinski definition) is 3. The lowest BCUT2D eigenvalue weighted by molar-refractivity contribution is 0.171. The van der Waals surface area contributed by atoms with Crippen molar-refractivity contribution in [3.63, 3.8) is 0 Å². The Kier molecular flexibility index (Phi) is 3.76. The Labute approximate surface area is 144 Å². The number of benzene rings is 2. The molecule has 0 bridgehead atoms. The van der Waals surface area contributed by atoms with Crippen LogP contribution in [-0.4, -0.2) is 17.8 Å². The predicted molar refractivity (Wildman–Crippen MR) is 93.2 cm³/mol. The minimum Gasteiger partial charge on any atom is -0.486 e. The van der Waals surface area contributed by atoms with Gasteiger partial charge in [-0.25, -0.2) is 4.39 Å². The molecule has 0 N–H and O–H groups in total. The van der Waals surface area contributed by atoms with E-state index in [1.807, 2.05) is 25.1 Å². The van der Waals surface area contributed by atoms with Gasteiger partial charge in [-0.2, -0.15) is 0 Å². The molecule has 0 saturated carbocycles. The van der Waals surface area contributed by atoms with Gasteiger partial charge in [0.25, 0.3) is 5.56 Å². The van der Waals surface area contributed by atoms with Gasteiger partial charge in [0.2, 0.25) is 0 Å². The molecule has 0 amide bonds. The van der Waals surface area contributed by atoms with Crippen LogP contribution in [0.2, 0.25) is 0 Å². The Balaban J connectivity index is 1.90. The maximum atomic E-state index is 13.2. The molecule has 4 nitrogen and oxygen atoms in total. The molecule has 25 heavy (non-hydrogen) atoms. The highest BCUT2D eigenvalue weighted by atomic mass is 19.1. The van der Waals surface area contributed by atoms with Crippen molar-refractivity contribution in [2.75, 3.05) is 13.2 Å². The molecular weight excluding hydrogens is 321 g/mol. The van der Waals surface area contributed by atoms with Crippen LogP contribution in [0, 0.1) is 12.7 Å². The molecule has 126 valence electrons. The highest BCUT2D eigenvalue weighted by Crippen LogP contribution is 2.36. The van der Waals surface area contributed by atoms with E-state index >= 15 is 0 Å². The van der Waals surface area contributed by atoms with E-state index in [9.17, 15) is 9.18 Å². The number of fused-ring (bicyclic) bond motifs is 1. The summed E-state index contributed by atoms with van der Waals surface area (Å²) in [5.41, 5.74) is 3.00. The van der Waals surface area contributed by atoms with Crippen LogP contribution in [0.3, 0.4) is 0 Å². The monoisotopic (exact) mass is 337 g/mol. The van der Waals surface area contributed by atoms with Crippen molar-refractivity contribution in [1.29, 1.82) is 0 Å². The van der Waals surface area contributed by atoms with E-state index in [4.69, 9.17) is 9.47 Å². The van der Waals surface area contributed by atoms with E-state index in [0.29, 0.717) is 30.4 Å². The third-order valence-electron chi connectivity index (χ3n) is 4.22. The Morgan fingerprint density at radius 3 is 2.60 bits per heavy atom. The first-order valence-corrected chi connectivity index (χ1v) is 8.02. The highest BCUT2D eigenvalue weighted by Gasteiger charge is 2.18. The number of halogens is 1. The molecule has 2 aromatic carbocycles. The third-order valence-corrected chi connectivity index (χ3v) is 4.22. The molecule has 1 aliphatic heterocycles. The fraction of sp³-hybridized carbons (Fsp3) is 0.150. The minimum atomic E-state index is -0.294. The van der Waals surface area contributed by atoms with Crippen LogP contribution in [0.1, 0.15) is 5.56 Å². The van der Waals surface area contributed by atoms with Crippen LogP contribution in [0.4, 0.5) is 4.39 Å². The molecule has 0 radical (unpaired) electrons. The molecule has 4 rings (SSSR count). The molecule has 0 spiro atoms. The van der Waals surface area contributed by atoms with Gasteiger partial charge in [0.1, 0.15) is 19.0 Å². The summed E-state index contributed by atoms with van der Waals surface area (Å²) in [4.78, 5) is 12.6. The standard InChI is InChI=1S/C20H16FNO3/c1-13-11-19(23)22(12-16(13)14-5-7-15(21)8-6-14)17-3-2-4-18-20(17)25-10-9-24-18/h2-8,11-12H,9-10H2,1H3. The number of pyridine rings is 1. The number of hydrogen-bond donors (Lipinski definition) is 0. The van der Waals surface area contributed by atoms with Gasteiger partial charge < -0.3 is 9.47 Å². The van der Waals surface area contributed by atoms with E-state index in [1.165, 1.54) is 12.1 Å². The van der Waals surface area contributed by atoms with Crippen LogP contribution < -0.4 is 15.0 Å². The molecule has 2 heterocycles. The summed E-state index contributed by atoms with van der Waals surface area (Å²) in [5, 5.41) is 0. The normalized spacial score (nSPS) is 12.9. The second-order valence-corrected chi connectivity index (χ2v) is 5.89. The molecule has 0 atom stereocenters. The van der Waals surface area contributed by atoms with Crippen LogP contribution in [-0.2, 0) is 0 Å². The summed E-state index contributed by atoms with van der Waals surface area (Å²) in [6.45, 7) is 2.79. The molecule has 0 saturated heterocycles. The summed E-state index contributed by atoms with van der Waals surface area (Å²) in [7, 11) is 0. The van der Waals surface area contributed by atoms with Gasteiger partial charge in [0.15, 0.2) is 11.5 Å². The average molecular weight is 337 g/mol. The molecular formula is C20H16FNO3. The van der Waals surface area contributed by atoms with Crippen molar-refractivity contribution in [2.45, 2.75) is 6.92 Å². The lowest BCUT2D eigenvalue weighted by atomic mass is 10.0. The average Bonchev–Trinajstić information content (AvgIpc) is 2.63. The molecule has 1 aromatic heterocycles. The number of nitrogens with zero attached hydrogens (tertiary/aromatic N) is 1. The third kappa shape index (κ3) is 2.78. The summed E-state index contributed by atoms with van der Waals surface area (Å²) in [6, 6.07) is 13.3. The van der Waals surface area contributed by atoms with Crippen molar-refractivity contribution < 1.29 is 13.9 Å². The second kappa shape index (κ2) is 6.09. The molecule has 0 aliphatic carbocycles. The maximum Gasteiger partial charge on any atom is 0.255 e. The Morgan fingerprint density at radius 2 is 1.80 bits per heavy atom. The van der Waals surface area contributed by atoms with Crippen molar-refractivity contribution in [2.24, 2.45) is 0 Å². The van der Waals surface area contributed by atoms with Gasteiger partial charge in [0.05, 0.1) is 5.69 Å². The largest absolute Gasteiger partial charge is 0.486 e. The van der Waals surface area contributed by atoms with E-state index < -0.39 is 0 Å². The number of ether oxygens (including phenoxy) is 2. The summed E-state index contributed by atoms with van der Waals surface area (Å²) in [6.07, 6.45) is 1.76. The minimum absolute atomic E-state index is 0.161. The summed E-state index contributed by atoms with van der Waals surface area (Å²) in [5.74, 6) is 0.890. The smallest absolute Gasteiger partial charge is 0.255 e. The first-order valence-electron chi connectivity index (χ1n) is 8.02. The Bertz CT molecular complexity index is 993. The lowest BCUT2D eigenvalue weighted by Crippen LogP contribution is -2.21. The van der Waals surface area contributed by atoms with E-state index in [-0.39, 0.29) is 11.4 Å². The van der Waals surface area contributed by atoms with Crippen LogP contribution >= 0.6 is 0 Å². The fourth-order valence-corrected chi connectivity index (χ4v) is 2.99.